The molecule has 0 aromatic heterocycles. The topological polar surface area (TPSA) is 21.3 Å². The fourth-order valence-electron chi connectivity index (χ4n) is 2.23. The number of halogens is 1. The van der Waals surface area contributed by atoms with Gasteiger partial charge in [0.1, 0.15) is 5.82 Å². The van der Waals surface area contributed by atoms with Crippen LogP contribution in [0.1, 0.15) is 39.2 Å². The fraction of sp³-hybridized carbons (Fsp3) is 0.647. The third-order valence-electron chi connectivity index (χ3n) is 3.25. The first-order valence-corrected chi connectivity index (χ1v) is 7.68. The van der Waals surface area contributed by atoms with Crippen molar-refractivity contribution >= 4 is 0 Å². The Kier molecular flexibility index (Phi) is 8.47. The molecule has 2 nitrogen and oxygen atoms in total. The minimum Gasteiger partial charge on any atom is -0.379 e. The number of rotatable bonds is 10. The van der Waals surface area contributed by atoms with E-state index in [9.17, 15) is 4.39 Å². The molecule has 20 heavy (non-hydrogen) atoms. The molecule has 1 rings (SSSR count). The molecule has 0 saturated carbocycles. The Balaban J connectivity index is 2.47. The SMILES string of the molecule is CCCNCC(CCOC(C)C)Cc1cccc(F)c1. The zero-order valence-electron chi connectivity index (χ0n) is 13.0. The average Bonchev–Trinajstić information content (AvgIpc) is 2.38. The van der Waals surface area contributed by atoms with Gasteiger partial charge in [-0.2, -0.15) is 0 Å². The van der Waals surface area contributed by atoms with Crippen molar-refractivity contribution in [3.63, 3.8) is 0 Å². The predicted octanol–water partition coefficient (Wildman–Crippen LogP) is 3.80. The van der Waals surface area contributed by atoms with Gasteiger partial charge in [0.15, 0.2) is 0 Å². The van der Waals surface area contributed by atoms with Crippen LogP contribution in [-0.2, 0) is 11.2 Å². The number of hydrogen-bond acceptors (Lipinski definition) is 2. The Morgan fingerprint density at radius 1 is 1.30 bits per heavy atom. The lowest BCUT2D eigenvalue weighted by Gasteiger charge is -2.18. The largest absolute Gasteiger partial charge is 0.379 e. The van der Waals surface area contributed by atoms with E-state index in [0.717, 1.165) is 44.5 Å². The summed E-state index contributed by atoms with van der Waals surface area (Å²) in [5.41, 5.74) is 1.07. The van der Waals surface area contributed by atoms with E-state index in [2.05, 4.69) is 26.1 Å². The van der Waals surface area contributed by atoms with Crippen molar-refractivity contribution in [2.45, 2.75) is 46.1 Å². The molecule has 114 valence electrons. The summed E-state index contributed by atoms with van der Waals surface area (Å²) in [6.45, 7) is 9.03. The maximum atomic E-state index is 13.2. The molecule has 1 atom stereocenters. The Morgan fingerprint density at radius 2 is 2.10 bits per heavy atom. The van der Waals surface area contributed by atoms with E-state index in [1.807, 2.05) is 6.07 Å². The highest BCUT2D eigenvalue weighted by Crippen LogP contribution is 2.14. The molecule has 0 amide bonds. The van der Waals surface area contributed by atoms with Crippen molar-refractivity contribution in [1.82, 2.24) is 5.32 Å². The molecule has 1 aromatic rings. The van der Waals surface area contributed by atoms with Crippen LogP contribution in [0.15, 0.2) is 24.3 Å². The zero-order valence-corrected chi connectivity index (χ0v) is 13.0. The summed E-state index contributed by atoms with van der Waals surface area (Å²) in [5, 5.41) is 3.46. The van der Waals surface area contributed by atoms with Gasteiger partial charge in [0.2, 0.25) is 0 Å². The Labute approximate surface area is 122 Å². The van der Waals surface area contributed by atoms with Crippen molar-refractivity contribution < 1.29 is 9.13 Å². The molecule has 0 bridgehead atoms. The highest BCUT2D eigenvalue weighted by molar-refractivity contribution is 5.16. The molecule has 3 heteroatoms. The summed E-state index contributed by atoms with van der Waals surface area (Å²) in [5.74, 6) is 0.336. The second-order valence-electron chi connectivity index (χ2n) is 5.61. The van der Waals surface area contributed by atoms with Crippen LogP contribution in [0, 0.1) is 11.7 Å². The van der Waals surface area contributed by atoms with E-state index in [1.165, 1.54) is 6.07 Å². The molecular weight excluding hydrogens is 253 g/mol. The molecule has 0 saturated heterocycles. The van der Waals surface area contributed by atoms with Gasteiger partial charge in [-0.15, -0.1) is 0 Å². The van der Waals surface area contributed by atoms with Gasteiger partial charge in [0.25, 0.3) is 0 Å². The lowest BCUT2D eigenvalue weighted by molar-refractivity contribution is 0.0683. The monoisotopic (exact) mass is 281 g/mol. The van der Waals surface area contributed by atoms with Crippen LogP contribution in [0.3, 0.4) is 0 Å². The second-order valence-corrected chi connectivity index (χ2v) is 5.61. The minimum absolute atomic E-state index is 0.152. The standard InChI is InChI=1S/C17H28FNO/c1-4-9-19-13-16(8-10-20-14(2)3)11-15-6-5-7-17(18)12-15/h5-7,12,14,16,19H,4,8-11,13H2,1-3H3. The lowest BCUT2D eigenvalue weighted by Crippen LogP contribution is -2.26. The van der Waals surface area contributed by atoms with E-state index in [-0.39, 0.29) is 11.9 Å². The van der Waals surface area contributed by atoms with Crippen LogP contribution in [0.4, 0.5) is 4.39 Å². The summed E-state index contributed by atoms with van der Waals surface area (Å²) < 4.78 is 18.9. The normalized spacial score (nSPS) is 12.8. The molecule has 0 radical (unpaired) electrons. The Hall–Kier alpha value is -0.930. The highest BCUT2D eigenvalue weighted by Gasteiger charge is 2.10. The Bertz CT molecular complexity index is 368. The first-order valence-electron chi connectivity index (χ1n) is 7.68. The number of ether oxygens (including phenoxy) is 1. The summed E-state index contributed by atoms with van der Waals surface area (Å²) >= 11 is 0. The van der Waals surface area contributed by atoms with E-state index < -0.39 is 0 Å². The molecule has 0 fully saturated rings. The highest BCUT2D eigenvalue weighted by atomic mass is 19.1. The summed E-state index contributed by atoms with van der Waals surface area (Å²) in [6.07, 6.45) is 3.31. The fourth-order valence-corrected chi connectivity index (χ4v) is 2.23. The van der Waals surface area contributed by atoms with Gasteiger partial charge in [-0.05, 0) is 69.8 Å². The lowest BCUT2D eigenvalue weighted by atomic mass is 9.96. The van der Waals surface area contributed by atoms with E-state index in [1.54, 1.807) is 12.1 Å². The number of hydrogen-bond donors (Lipinski definition) is 1. The van der Waals surface area contributed by atoms with Gasteiger partial charge in [0.05, 0.1) is 6.10 Å². The van der Waals surface area contributed by atoms with E-state index >= 15 is 0 Å². The number of benzene rings is 1. The van der Waals surface area contributed by atoms with Crippen molar-refractivity contribution in [2.24, 2.45) is 5.92 Å². The zero-order chi connectivity index (χ0) is 14.8. The molecule has 1 unspecified atom stereocenters. The molecule has 0 aliphatic rings. The minimum atomic E-state index is -0.152. The van der Waals surface area contributed by atoms with Crippen LogP contribution in [0.2, 0.25) is 0 Å². The number of nitrogens with one attached hydrogen (secondary N) is 1. The maximum absolute atomic E-state index is 13.2. The van der Waals surface area contributed by atoms with Crippen LogP contribution in [-0.4, -0.2) is 25.8 Å². The molecule has 1 aromatic carbocycles. The quantitative estimate of drug-likeness (QED) is 0.659. The molecule has 0 spiro atoms. The molecule has 0 heterocycles. The van der Waals surface area contributed by atoms with Crippen LogP contribution < -0.4 is 5.32 Å². The molecule has 1 N–H and O–H groups in total. The molecular formula is C17H28FNO. The second kappa shape index (κ2) is 9.89. The first kappa shape index (κ1) is 17.1. The van der Waals surface area contributed by atoms with Crippen molar-refractivity contribution in [3.05, 3.63) is 35.6 Å². The van der Waals surface area contributed by atoms with Crippen LogP contribution in [0.25, 0.3) is 0 Å². The van der Waals surface area contributed by atoms with Crippen molar-refractivity contribution in [3.8, 4) is 0 Å². The third kappa shape index (κ3) is 7.61. The van der Waals surface area contributed by atoms with Crippen molar-refractivity contribution in [1.29, 1.82) is 0 Å². The Morgan fingerprint density at radius 3 is 2.75 bits per heavy atom. The smallest absolute Gasteiger partial charge is 0.123 e. The van der Waals surface area contributed by atoms with E-state index in [4.69, 9.17) is 4.74 Å². The third-order valence-corrected chi connectivity index (χ3v) is 3.25. The maximum Gasteiger partial charge on any atom is 0.123 e. The molecule has 0 aliphatic carbocycles. The van der Waals surface area contributed by atoms with E-state index in [0.29, 0.717) is 5.92 Å². The average molecular weight is 281 g/mol. The first-order chi connectivity index (χ1) is 9.61. The van der Waals surface area contributed by atoms with Crippen LogP contribution >= 0.6 is 0 Å². The van der Waals surface area contributed by atoms with Gasteiger partial charge in [-0.3, -0.25) is 0 Å². The van der Waals surface area contributed by atoms with Gasteiger partial charge < -0.3 is 10.1 Å². The predicted molar refractivity (Wildman–Crippen MR) is 82.5 cm³/mol. The summed E-state index contributed by atoms with van der Waals surface area (Å²) in [6, 6.07) is 6.91. The van der Waals surface area contributed by atoms with Crippen LogP contribution in [0.5, 0.6) is 0 Å². The van der Waals surface area contributed by atoms with Gasteiger partial charge >= 0.3 is 0 Å². The van der Waals surface area contributed by atoms with Gasteiger partial charge in [-0.1, -0.05) is 19.1 Å². The van der Waals surface area contributed by atoms with Crippen molar-refractivity contribution in [2.75, 3.05) is 19.7 Å². The van der Waals surface area contributed by atoms with Gasteiger partial charge in [-0.25, -0.2) is 4.39 Å². The molecule has 0 aliphatic heterocycles. The summed E-state index contributed by atoms with van der Waals surface area (Å²) in [4.78, 5) is 0. The van der Waals surface area contributed by atoms with Gasteiger partial charge in [0, 0.05) is 6.61 Å². The summed E-state index contributed by atoms with van der Waals surface area (Å²) in [7, 11) is 0.